The number of anilines is 1. The predicted molar refractivity (Wildman–Crippen MR) is 112 cm³/mol. The van der Waals surface area contributed by atoms with Crippen molar-refractivity contribution in [3.05, 3.63) is 71.4 Å². The minimum Gasteiger partial charge on any atom is -0.334 e. The lowest BCUT2D eigenvalue weighted by Gasteiger charge is -2.02. The molecule has 0 fully saturated rings. The molecule has 1 amide bonds. The van der Waals surface area contributed by atoms with Crippen molar-refractivity contribution in [2.45, 2.75) is 6.92 Å². The van der Waals surface area contributed by atoms with Gasteiger partial charge in [-0.05, 0) is 36.1 Å². The molecule has 3 aromatic heterocycles. The van der Waals surface area contributed by atoms with Crippen LogP contribution in [-0.4, -0.2) is 15.5 Å². The number of benzene rings is 1. The number of carbonyl (C=O) groups is 1. The molecule has 0 aliphatic carbocycles. The van der Waals surface area contributed by atoms with Crippen LogP contribution in [0.4, 0.5) is 5.69 Å². The Morgan fingerprint density at radius 3 is 2.89 bits per heavy atom. The molecule has 0 aliphatic rings. The van der Waals surface area contributed by atoms with Crippen LogP contribution < -0.4 is 5.32 Å². The zero-order chi connectivity index (χ0) is 19.0. The summed E-state index contributed by atoms with van der Waals surface area (Å²) in [5, 5.41) is 4.90. The van der Waals surface area contributed by atoms with Gasteiger partial charge in [0, 0.05) is 23.3 Å². The number of pyridine rings is 1. The van der Waals surface area contributed by atoms with E-state index in [9.17, 15) is 4.79 Å². The van der Waals surface area contributed by atoms with Gasteiger partial charge in [-0.3, -0.25) is 4.79 Å². The number of hydrogen-bond donors (Lipinski definition) is 1. The summed E-state index contributed by atoms with van der Waals surface area (Å²) in [5.74, 6) is 6.34. The van der Waals surface area contributed by atoms with Gasteiger partial charge in [0.25, 0.3) is 0 Å². The summed E-state index contributed by atoms with van der Waals surface area (Å²) in [6.45, 7) is 5.58. The van der Waals surface area contributed by atoms with Crippen LogP contribution in [0.5, 0.6) is 0 Å². The number of hydrogen-bond acceptors (Lipinski definition) is 3. The van der Waals surface area contributed by atoms with Crippen molar-refractivity contribution in [2.24, 2.45) is 7.05 Å². The Labute approximate surface area is 161 Å². The van der Waals surface area contributed by atoms with Crippen molar-refractivity contribution in [1.82, 2.24) is 9.55 Å². The zero-order valence-corrected chi connectivity index (χ0v) is 15.9. The van der Waals surface area contributed by atoms with Gasteiger partial charge in [0.15, 0.2) is 0 Å². The third-order valence-electron chi connectivity index (χ3n) is 4.42. The topological polar surface area (TPSA) is 46.9 Å². The third kappa shape index (κ3) is 3.12. The van der Waals surface area contributed by atoms with E-state index in [1.54, 1.807) is 17.5 Å². The number of amides is 1. The van der Waals surface area contributed by atoms with Crippen molar-refractivity contribution >= 4 is 44.1 Å². The van der Waals surface area contributed by atoms with Gasteiger partial charge in [0.05, 0.1) is 22.3 Å². The molecule has 27 heavy (non-hydrogen) atoms. The first-order valence-corrected chi connectivity index (χ1v) is 9.27. The fraction of sp³-hybridized carbons (Fsp3) is 0.0909. The molecule has 4 rings (SSSR count). The molecule has 0 bridgehead atoms. The quantitative estimate of drug-likeness (QED) is 0.413. The Hall–Kier alpha value is -3.36. The second-order valence-electron chi connectivity index (χ2n) is 6.24. The Balaban J connectivity index is 1.78. The summed E-state index contributed by atoms with van der Waals surface area (Å²) in [7, 11) is 1.94. The Bertz CT molecular complexity index is 1270. The van der Waals surface area contributed by atoms with E-state index in [0.29, 0.717) is 5.69 Å². The molecule has 132 valence electrons. The van der Waals surface area contributed by atoms with Crippen molar-refractivity contribution in [1.29, 1.82) is 0 Å². The van der Waals surface area contributed by atoms with E-state index in [1.165, 1.54) is 21.7 Å². The summed E-state index contributed by atoms with van der Waals surface area (Å²) < 4.78 is 3.18. The van der Waals surface area contributed by atoms with Crippen LogP contribution in [0.25, 0.3) is 21.1 Å². The van der Waals surface area contributed by atoms with E-state index in [-0.39, 0.29) is 5.91 Å². The van der Waals surface area contributed by atoms with E-state index < -0.39 is 0 Å². The molecule has 4 nitrogen and oxygen atoms in total. The van der Waals surface area contributed by atoms with Crippen molar-refractivity contribution in [3.8, 4) is 11.8 Å². The fourth-order valence-electron chi connectivity index (χ4n) is 3.04. The number of nitrogens with zero attached hydrogens (tertiary/aromatic N) is 2. The molecule has 0 radical (unpaired) electrons. The number of nitrogens with one attached hydrogen (secondary N) is 1. The van der Waals surface area contributed by atoms with Crippen molar-refractivity contribution in [3.63, 3.8) is 0 Å². The highest BCUT2D eigenvalue weighted by Crippen LogP contribution is 2.30. The number of carbonyl (C=O) groups excluding carboxylic acids is 1. The molecule has 1 N–H and O–H groups in total. The third-order valence-corrected chi connectivity index (χ3v) is 5.61. The van der Waals surface area contributed by atoms with Gasteiger partial charge >= 0.3 is 0 Å². The van der Waals surface area contributed by atoms with Crippen LogP contribution in [0, 0.1) is 18.8 Å². The first kappa shape index (κ1) is 17.1. The lowest BCUT2D eigenvalue weighted by Crippen LogP contribution is -2.07. The number of aromatic nitrogens is 2. The molecule has 0 saturated heterocycles. The highest BCUT2D eigenvalue weighted by molar-refractivity contribution is 7.19. The molecule has 5 heteroatoms. The molecular weight excluding hydrogens is 354 g/mol. The van der Waals surface area contributed by atoms with Gasteiger partial charge in [-0.2, -0.15) is 0 Å². The minimum atomic E-state index is -0.263. The highest BCUT2D eigenvalue weighted by atomic mass is 32.1. The van der Waals surface area contributed by atoms with E-state index in [2.05, 4.69) is 53.8 Å². The maximum atomic E-state index is 11.6. The fourth-order valence-corrected chi connectivity index (χ4v) is 4.10. The zero-order valence-electron chi connectivity index (χ0n) is 15.0. The normalized spacial score (nSPS) is 10.6. The van der Waals surface area contributed by atoms with Crippen LogP contribution in [0.2, 0.25) is 0 Å². The summed E-state index contributed by atoms with van der Waals surface area (Å²) in [6, 6.07) is 10.2. The lowest BCUT2D eigenvalue weighted by molar-refractivity contribution is -0.111. The Morgan fingerprint density at radius 2 is 2.11 bits per heavy atom. The van der Waals surface area contributed by atoms with E-state index >= 15 is 0 Å². The summed E-state index contributed by atoms with van der Waals surface area (Å²) in [5.41, 5.74) is 3.54. The largest absolute Gasteiger partial charge is 0.334 e. The summed E-state index contributed by atoms with van der Waals surface area (Å²) >= 11 is 1.71. The molecule has 3 heterocycles. The monoisotopic (exact) mass is 371 g/mol. The number of rotatable bonds is 2. The van der Waals surface area contributed by atoms with Gasteiger partial charge in [-0.1, -0.05) is 36.6 Å². The molecular formula is C22H17N3OS. The van der Waals surface area contributed by atoms with Gasteiger partial charge in [-0.15, -0.1) is 11.3 Å². The maximum absolute atomic E-state index is 11.6. The highest BCUT2D eigenvalue weighted by Gasteiger charge is 2.09. The average molecular weight is 371 g/mol. The van der Waals surface area contributed by atoms with Crippen LogP contribution >= 0.6 is 11.3 Å². The maximum Gasteiger partial charge on any atom is 0.247 e. The lowest BCUT2D eigenvalue weighted by atomic mass is 10.1. The van der Waals surface area contributed by atoms with Gasteiger partial charge < -0.3 is 9.88 Å². The van der Waals surface area contributed by atoms with Crippen LogP contribution in [-0.2, 0) is 11.8 Å². The summed E-state index contributed by atoms with van der Waals surface area (Å²) in [6.07, 6.45) is 4.84. The molecule has 0 saturated carbocycles. The first-order valence-electron chi connectivity index (χ1n) is 8.45. The molecule has 4 aromatic rings. The van der Waals surface area contributed by atoms with Gasteiger partial charge in [-0.25, -0.2) is 4.98 Å². The molecule has 0 spiro atoms. The first-order chi connectivity index (χ1) is 13.1. The summed E-state index contributed by atoms with van der Waals surface area (Å²) in [4.78, 5) is 17.1. The minimum absolute atomic E-state index is 0.263. The van der Waals surface area contributed by atoms with Crippen molar-refractivity contribution < 1.29 is 4.79 Å². The van der Waals surface area contributed by atoms with E-state index in [1.807, 2.05) is 29.9 Å². The van der Waals surface area contributed by atoms with E-state index in [0.717, 1.165) is 21.5 Å². The van der Waals surface area contributed by atoms with Gasteiger partial charge in [0.1, 0.15) is 5.65 Å². The standard InChI is InChI=1S/C22H17N3OS/c1-4-21(26)24-16-11-18-15(13-25(3)22(18)23-12-16)9-10-19-14(2)17-7-5-6-8-20(17)27-19/h4-8,11-13H,1H2,2-3H3,(H,24,26). The predicted octanol–water partition coefficient (Wildman–Crippen LogP) is 4.62. The molecule has 0 aliphatic heterocycles. The van der Waals surface area contributed by atoms with E-state index in [4.69, 9.17) is 0 Å². The molecule has 1 aromatic carbocycles. The molecule has 0 atom stereocenters. The smallest absolute Gasteiger partial charge is 0.247 e. The Kier molecular flexibility index (Phi) is 4.27. The van der Waals surface area contributed by atoms with Crippen LogP contribution in [0.3, 0.4) is 0 Å². The Morgan fingerprint density at radius 1 is 1.30 bits per heavy atom. The van der Waals surface area contributed by atoms with Crippen molar-refractivity contribution in [2.75, 3.05) is 5.32 Å². The number of fused-ring (bicyclic) bond motifs is 2. The molecule has 0 unspecified atom stereocenters. The second kappa shape index (κ2) is 6.75. The van der Waals surface area contributed by atoms with Crippen LogP contribution in [0.15, 0.2) is 55.4 Å². The average Bonchev–Trinajstić information content (AvgIpc) is 3.17. The number of aryl methyl sites for hydroxylation is 2. The second-order valence-corrected chi connectivity index (χ2v) is 7.30. The number of thiophene rings is 1. The van der Waals surface area contributed by atoms with Gasteiger partial charge in [0.2, 0.25) is 5.91 Å². The van der Waals surface area contributed by atoms with Crippen LogP contribution in [0.1, 0.15) is 16.0 Å². The SMILES string of the molecule is C=CC(=O)Nc1cnc2c(c1)c(C#Cc1sc3ccccc3c1C)cn2C.